The molecule has 1 heterocycles. The summed E-state index contributed by atoms with van der Waals surface area (Å²) < 4.78 is 5.45. The summed E-state index contributed by atoms with van der Waals surface area (Å²) in [6.07, 6.45) is 0.0563. The van der Waals surface area contributed by atoms with Crippen molar-refractivity contribution in [3.63, 3.8) is 0 Å². The Hall–Kier alpha value is -2.08. The first-order valence-corrected chi connectivity index (χ1v) is 8.33. The standard InChI is InChI=1S/C18H27N3O3/c1-6-11-21(17(22)23-18(3,4)5)12-15-19-16(20-24-15)14-9-7-13(2)8-10-14/h7-10,15H,6,11-12H2,1-5H3,(H,19,20). The fourth-order valence-electron chi connectivity index (χ4n) is 2.29. The van der Waals surface area contributed by atoms with Gasteiger partial charge in [-0.3, -0.25) is 0 Å². The number of aryl methyl sites for hydroxylation is 1. The molecule has 1 atom stereocenters. The Kier molecular flexibility index (Phi) is 5.83. The first kappa shape index (κ1) is 18.3. The van der Waals surface area contributed by atoms with Gasteiger partial charge in [0.05, 0.1) is 6.54 Å². The van der Waals surface area contributed by atoms with E-state index in [1.54, 1.807) is 4.90 Å². The molecule has 132 valence electrons. The van der Waals surface area contributed by atoms with Gasteiger partial charge in [-0.15, -0.1) is 0 Å². The average molecular weight is 333 g/mol. The highest BCUT2D eigenvalue weighted by molar-refractivity contribution is 5.98. The summed E-state index contributed by atoms with van der Waals surface area (Å²) in [5, 5.41) is 0. The van der Waals surface area contributed by atoms with Crippen molar-refractivity contribution in [3.8, 4) is 0 Å². The SMILES string of the molecule is CCCN(CC1N=C(c2ccc(C)cc2)NO1)C(=O)OC(C)(C)C. The topological polar surface area (TPSA) is 63.2 Å². The van der Waals surface area contributed by atoms with Crippen molar-refractivity contribution in [2.24, 2.45) is 4.99 Å². The lowest BCUT2D eigenvalue weighted by Crippen LogP contribution is -2.41. The lowest BCUT2D eigenvalue weighted by atomic mass is 10.1. The van der Waals surface area contributed by atoms with E-state index in [1.807, 2.05) is 58.9 Å². The summed E-state index contributed by atoms with van der Waals surface area (Å²) in [5.74, 6) is 0.681. The number of ether oxygens (including phenoxy) is 1. The van der Waals surface area contributed by atoms with Crippen LogP contribution in [0.5, 0.6) is 0 Å². The summed E-state index contributed by atoms with van der Waals surface area (Å²) in [4.78, 5) is 24.0. The fourth-order valence-corrected chi connectivity index (χ4v) is 2.29. The second-order valence-electron chi connectivity index (χ2n) is 6.94. The van der Waals surface area contributed by atoms with Crippen LogP contribution in [0, 0.1) is 6.92 Å². The van der Waals surface area contributed by atoms with Gasteiger partial charge in [0.1, 0.15) is 5.60 Å². The van der Waals surface area contributed by atoms with Gasteiger partial charge >= 0.3 is 6.09 Å². The third-order valence-corrected chi connectivity index (χ3v) is 3.41. The second-order valence-corrected chi connectivity index (χ2v) is 6.94. The normalized spacial score (nSPS) is 17.2. The maximum absolute atomic E-state index is 12.3. The zero-order valence-electron chi connectivity index (χ0n) is 15.1. The number of aliphatic imine (C=N–C) groups is 1. The lowest BCUT2D eigenvalue weighted by molar-refractivity contribution is -0.00702. The van der Waals surface area contributed by atoms with Crippen LogP contribution in [0.15, 0.2) is 29.3 Å². The zero-order valence-corrected chi connectivity index (χ0v) is 15.1. The van der Waals surface area contributed by atoms with Gasteiger partial charge in [-0.2, -0.15) is 0 Å². The Balaban J connectivity index is 2.02. The summed E-state index contributed by atoms with van der Waals surface area (Å²) in [5.41, 5.74) is 4.48. The second kappa shape index (κ2) is 7.66. The van der Waals surface area contributed by atoms with E-state index in [2.05, 4.69) is 10.5 Å². The molecule has 0 saturated heterocycles. The van der Waals surface area contributed by atoms with Crippen molar-refractivity contribution in [1.29, 1.82) is 0 Å². The molecule has 0 aliphatic carbocycles. The third-order valence-electron chi connectivity index (χ3n) is 3.41. The molecule has 1 unspecified atom stereocenters. The lowest BCUT2D eigenvalue weighted by Gasteiger charge is -2.27. The minimum atomic E-state index is -0.520. The van der Waals surface area contributed by atoms with Crippen molar-refractivity contribution in [1.82, 2.24) is 10.4 Å². The van der Waals surface area contributed by atoms with E-state index in [0.29, 0.717) is 18.9 Å². The number of carbonyl (C=O) groups is 1. The van der Waals surface area contributed by atoms with Gasteiger partial charge in [-0.25, -0.2) is 20.1 Å². The van der Waals surface area contributed by atoms with Crippen LogP contribution >= 0.6 is 0 Å². The van der Waals surface area contributed by atoms with Crippen molar-refractivity contribution in [2.45, 2.75) is 52.9 Å². The van der Waals surface area contributed by atoms with Gasteiger partial charge in [0.15, 0.2) is 12.1 Å². The van der Waals surface area contributed by atoms with Crippen LogP contribution in [-0.4, -0.2) is 41.7 Å². The quantitative estimate of drug-likeness (QED) is 0.898. The smallest absolute Gasteiger partial charge is 0.410 e. The van der Waals surface area contributed by atoms with Gasteiger partial charge in [-0.05, 0) is 34.1 Å². The minimum absolute atomic E-state index is 0.341. The molecule has 1 aliphatic rings. The van der Waals surface area contributed by atoms with Crippen LogP contribution in [0.1, 0.15) is 45.2 Å². The van der Waals surface area contributed by atoms with Crippen molar-refractivity contribution >= 4 is 11.9 Å². The molecule has 0 bridgehead atoms. The molecule has 1 aromatic rings. The van der Waals surface area contributed by atoms with Gasteiger partial charge < -0.3 is 9.64 Å². The number of amidine groups is 1. The molecular weight excluding hydrogens is 306 g/mol. The maximum atomic E-state index is 12.3. The van der Waals surface area contributed by atoms with Gasteiger partial charge in [0.25, 0.3) is 0 Å². The number of benzene rings is 1. The molecular formula is C18H27N3O3. The number of rotatable bonds is 5. The van der Waals surface area contributed by atoms with Gasteiger partial charge in [0, 0.05) is 12.1 Å². The number of nitrogens with one attached hydrogen (secondary N) is 1. The molecule has 24 heavy (non-hydrogen) atoms. The largest absolute Gasteiger partial charge is 0.444 e. The van der Waals surface area contributed by atoms with Crippen LogP contribution in [0.2, 0.25) is 0 Å². The molecule has 1 amide bonds. The summed E-state index contributed by atoms with van der Waals surface area (Å²) in [6.45, 7) is 10.6. The molecule has 1 aromatic carbocycles. The van der Waals surface area contributed by atoms with Crippen LogP contribution < -0.4 is 5.48 Å². The summed E-state index contributed by atoms with van der Waals surface area (Å²) in [6, 6.07) is 8.03. The van der Waals surface area contributed by atoms with E-state index < -0.39 is 11.8 Å². The number of hydroxylamine groups is 1. The maximum Gasteiger partial charge on any atom is 0.410 e. The molecule has 0 aromatic heterocycles. The Bertz CT molecular complexity index is 591. The van der Waals surface area contributed by atoms with E-state index in [4.69, 9.17) is 9.57 Å². The predicted octanol–water partition coefficient (Wildman–Crippen LogP) is 3.25. The van der Waals surface area contributed by atoms with Crippen LogP contribution in [0.25, 0.3) is 0 Å². The molecule has 1 N–H and O–H groups in total. The first-order chi connectivity index (χ1) is 11.3. The summed E-state index contributed by atoms with van der Waals surface area (Å²) in [7, 11) is 0. The molecule has 6 nitrogen and oxygen atoms in total. The molecule has 1 aliphatic heterocycles. The van der Waals surface area contributed by atoms with Gasteiger partial charge in [-0.1, -0.05) is 36.8 Å². The monoisotopic (exact) mass is 333 g/mol. The van der Waals surface area contributed by atoms with Crippen LogP contribution in [0.3, 0.4) is 0 Å². The first-order valence-electron chi connectivity index (χ1n) is 8.33. The fraction of sp³-hybridized carbons (Fsp3) is 0.556. The number of nitrogens with zero attached hydrogens (tertiary/aromatic N) is 2. The van der Waals surface area contributed by atoms with E-state index in [1.165, 1.54) is 5.56 Å². The van der Waals surface area contributed by atoms with Gasteiger partial charge in [0.2, 0.25) is 0 Å². The van der Waals surface area contributed by atoms with Crippen molar-refractivity contribution < 1.29 is 14.4 Å². The third kappa shape index (κ3) is 5.23. The Morgan fingerprint density at radius 2 is 2.00 bits per heavy atom. The predicted molar refractivity (Wildman–Crippen MR) is 93.8 cm³/mol. The van der Waals surface area contributed by atoms with Crippen LogP contribution in [0.4, 0.5) is 4.79 Å². The number of hydrogen-bond acceptors (Lipinski definition) is 5. The van der Waals surface area contributed by atoms with E-state index in [0.717, 1.165) is 12.0 Å². The Labute approximate surface area is 143 Å². The van der Waals surface area contributed by atoms with Crippen molar-refractivity contribution in [2.75, 3.05) is 13.1 Å². The van der Waals surface area contributed by atoms with Crippen molar-refractivity contribution in [3.05, 3.63) is 35.4 Å². The Morgan fingerprint density at radius 3 is 2.58 bits per heavy atom. The van der Waals surface area contributed by atoms with E-state index in [9.17, 15) is 4.79 Å². The zero-order chi connectivity index (χ0) is 17.7. The average Bonchev–Trinajstić information content (AvgIpc) is 2.94. The molecule has 0 spiro atoms. The van der Waals surface area contributed by atoms with E-state index >= 15 is 0 Å². The highest BCUT2D eigenvalue weighted by Gasteiger charge is 2.27. The highest BCUT2D eigenvalue weighted by atomic mass is 16.7. The molecule has 6 heteroatoms. The highest BCUT2D eigenvalue weighted by Crippen LogP contribution is 2.14. The number of hydrogen-bond donors (Lipinski definition) is 1. The minimum Gasteiger partial charge on any atom is -0.444 e. The van der Waals surface area contributed by atoms with Crippen LogP contribution in [-0.2, 0) is 9.57 Å². The van der Waals surface area contributed by atoms with E-state index in [-0.39, 0.29) is 6.09 Å². The molecule has 0 radical (unpaired) electrons. The Morgan fingerprint density at radius 1 is 1.33 bits per heavy atom. The number of carbonyl (C=O) groups excluding carboxylic acids is 1. The molecule has 0 saturated carbocycles. The molecule has 2 rings (SSSR count). The summed E-state index contributed by atoms with van der Waals surface area (Å²) >= 11 is 0. The molecule has 0 fully saturated rings. The number of amides is 1.